The van der Waals surface area contributed by atoms with Gasteiger partial charge < -0.3 is 5.32 Å². The molecule has 3 aromatic rings. The number of rotatable bonds is 4. The minimum absolute atomic E-state index is 0.0994. The predicted octanol–water partition coefficient (Wildman–Crippen LogP) is 4.45. The maximum Gasteiger partial charge on any atom is 0.416 e. The van der Waals surface area contributed by atoms with Gasteiger partial charge in [-0.15, -0.1) is 0 Å². The van der Waals surface area contributed by atoms with Gasteiger partial charge in [0.25, 0.3) is 5.91 Å². The largest absolute Gasteiger partial charge is 0.416 e. The van der Waals surface area contributed by atoms with Crippen molar-refractivity contribution in [2.45, 2.75) is 12.7 Å². The van der Waals surface area contributed by atoms with Gasteiger partial charge in [0, 0.05) is 31.4 Å². The van der Waals surface area contributed by atoms with Crippen molar-refractivity contribution in [3.05, 3.63) is 76.7 Å². The molecule has 0 aliphatic carbocycles. The van der Waals surface area contributed by atoms with Crippen LogP contribution in [0.15, 0.2) is 42.6 Å². The number of hydrogen-bond acceptors (Lipinski definition) is 2. The standard InChI is InChI=1S/C19H13F6N3O/c1-28-9-14(17(27-28)13-5-4-12(21)7-16(13)22)18(29)26-8-10-2-3-11(20)6-15(10)19(23,24)25/h2-7,9H,8H2,1H3,(H,26,29). The first-order chi connectivity index (χ1) is 13.6. The molecule has 1 N–H and O–H groups in total. The summed E-state index contributed by atoms with van der Waals surface area (Å²) in [5.41, 5.74) is -1.92. The van der Waals surface area contributed by atoms with E-state index in [-0.39, 0.29) is 22.4 Å². The van der Waals surface area contributed by atoms with E-state index in [0.29, 0.717) is 12.1 Å². The number of nitrogens with zero attached hydrogens (tertiary/aromatic N) is 2. The fourth-order valence-electron chi connectivity index (χ4n) is 2.77. The summed E-state index contributed by atoms with van der Waals surface area (Å²) in [6.07, 6.45) is -3.55. The molecular formula is C19H13F6N3O. The zero-order valence-electron chi connectivity index (χ0n) is 14.8. The number of halogens is 6. The number of hydrogen-bond donors (Lipinski definition) is 1. The zero-order valence-corrected chi connectivity index (χ0v) is 14.8. The minimum atomic E-state index is -4.81. The van der Waals surface area contributed by atoms with Crippen molar-refractivity contribution in [1.82, 2.24) is 15.1 Å². The van der Waals surface area contributed by atoms with Crippen LogP contribution in [0.2, 0.25) is 0 Å². The van der Waals surface area contributed by atoms with Gasteiger partial charge in [-0.25, -0.2) is 13.2 Å². The summed E-state index contributed by atoms with van der Waals surface area (Å²) in [6, 6.07) is 4.82. The lowest BCUT2D eigenvalue weighted by Gasteiger charge is -2.13. The van der Waals surface area contributed by atoms with E-state index < -0.39 is 41.6 Å². The van der Waals surface area contributed by atoms with Crippen LogP contribution in [0.25, 0.3) is 11.3 Å². The van der Waals surface area contributed by atoms with Crippen LogP contribution >= 0.6 is 0 Å². The molecule has 0 spiro atoms. The highest BCUT2D eigenvalue weighted by molar-refractivity contribution is 5.99. The molecule has 10 heteroatoms. The highest BCUT2D eigenvalue weighted by Gasteiger charge is 2.34. The first-order valence-electron chi connectivity index (χ1n) is 8.19. The van der Waals surface area contributed by atoms with E-state index in [4.69, 9.17) is 0 Å². The number of nitrogens with one attached hydrogen (secondary N) is 1. The number of carbonyl (C=O) groups is 1. The van der Waals surface area contributed by atoms with E-state index in [2.05, 4.69) is 10.4 Å². The SMILES string of the molecule is Cn1cc(C(=O)NCc2ccc(F)cc2C(F)(F)F)c(-c2ccc(F)cc2F)n1. The monoisotopic (exact) mass is 413 g/mol. The van der Waals surface area contributed by atoms with Crippen molar-refractivity contribution in [2.75, 3.05) is 0 Å². The third-order valence-electron chi connectivity index (χ3n) is 4.08. The summed E-state index contributed by atoms with van der Waals surface area (Å²) < 4.78 is 80.8. The van der Waals surface area contributed by atoms with E-state index in [1.165, 1.54) is 17.9 Å². The topological polar surface area (TPSA) is 46.9 Å². The van der Waals surface area contributed by atoms with Gasteiger partial charge in [-0.1, -0.05) is 6.07 Å². The molecule has 0 saturated heterocycles. The number of aromatic nitrogens is 2. The van der Waals surface area contributed by atoms with Crippen LogP contribution in [0.3, 0.4) is 0 Å². The van der Waals surface area contributed by atoms with Crippen LogP contribution in [0.1, 0.15) is 21.5 Å². The normalized spacial score (nSPS) is 11.6. The van der Waals surface area contributed by atoms with Gasteiger partial charge in [-0.05, 0) is 29.8 Å². The Kier molecular flexibility index (Phi) is 5.36. The van der Waals surface area contributed by atoms with Crippen LogP contribution in [-0.2, 0) is 19.8 Å². The Hall–Kier alpha value is -3.30. The lowest BCUT2D eigenvalue weighted by atomic mass is 10.1. The highest BCUT2D eigenvalue weighted by Crippen LogP contribution is 2.32. The molecule has 29 heavy (non-hydrogen) atoms. The van der Waals surface area contributed by atoms with Crippen LogP contribution in [0.4, 0.5) is 26.3 Å². The van der Waals surface area contributed by atoms with Crippen LogP contribution in [0, 0.1) is 17.5 Å². The molecule has 0 aliphatic heterocycles. The smallest absolute Gasteiger partial charge is 0.348 e. The molecular weight excluding hydrogens is 400 g/mol. The van der Waals surface area contributed by atoms with Crippen molar-refractivity contribution in [3.8, 4) is 11.3 Å². The second kappa shape index (κ2) is 7.61. The van der Waals surface area contributed by atoms with Gasteiger partial charge in [-0.3, -0.25) is 9.48 Å². The number of aryl methyl sites for hydroxylation is 1. The van der Waals surface area contributed by atoms with Crippen LogP contribution < -0.4 is 5.32 Å². The average Bonchev–Trinajstić information content (AvgIpc) is 3.01. The summed E-state index contributed by atoms with van der Waals surface area (Å²) in [7, 11) is 1.46. The second-order valence-electron chi connectivity index (χ2n) is 6.17. The zero-order chi connectivity index (χ0) is 21.3. The Bertz CT molecular complexity index is 1070. The van der Waals surface area contributed by atoms with Gasteiger partial charge in [0.1, 0.15) is 23.1 Å². The van der Waals surface area contributed by atoms with Crippen LogP contribution in [-0.4, -0.2) is 15.7 Å². The highest BCUT2D eigenvalue weighted by atomic mass is 19.4. The fraction of sp³-hybridized carbons (Fsp3) is 0.158. The summed E-state index contributed by atoms with van der Waals surface area (Å²) in [4.78, 5) is 12.5. The van der Waals surface area contributed by atoms with Crippen molar-refractivity contribution >= 4 is 5.91 Å². The molecule has 1 amide bonds. The second-order valence-corrected chi connectivity index (χ2v) is 6.17. The Morgan fingerprint density at radius 3 is 2.38 bits per heavy atom. The van der Waals surface area contributed by atoms with Gasteiger partial charge in [-0.2, -0.15) is 18.3 Å². The van der Waals surface area contributed by atoms with Crippen molar-refractivity contribution in [3.63, 3.8) is 0 Å². The lowest BCUT2D eigenvalue weighted by Crippen LogP contribution is -2.25. The number of alkyl halides is 3. The molecule has 0 radical (unpaired) electrons. The first-order valence-corrected chi connectivity index (χ1v) is 8.19. The van der Waals surface area contributed by atoms with Gasteiger partial charge >= 0.3 is 6.18 Å². The predicted molar refractivity (Wildman–Crippen MR) is 91.1 cm³/mol. The first kappa shape index (κ1) is 20.4. The van der Waals surface area contributed by atoms with Gasteiger partial charge in [0.15, 0.2) is 0 Å². The number of benzene rings is 2. The third kappa shape index (κ3) is 4.41. The summed E-state index contributed by atoms with van der Waals surface area (Å²) >= 11 is 0. The van der Waals surface area contributed by atoms with E-state index >= 15 is 0 Å². The number of carbonyl (C=O) groups excluding carboxylic acids is 1. The van der Waals surface area contributed by atoms with Crippen molar-refractivity contribution in [1.29, 1.82) is 0 Å². The molecule has 0 unspecified atom stereocenters. The van der Waals surface area contributed by atoms with Gasteiger partial charge in [0.2, 0.25) is 0 Å². The van der Waals surface area contributed by atoms with E-state index in [1.54, 1.807) is 0 Å². The molecule has 2 aromatic carbocycles. The number of amides is 1. The summed E-state index contributed by atoms with van der Waals surface area (Å²) in [6.45, 7) is -0.547. The molecule has 152 valence electrons. The molecule has 0 fully saturated rings. The van der Waals surface area contributed by atoms with E-state index in [1.807, 2.05) is 0 Å². The lowest BCUT2D eigenvalue weighted by molar-refractivity contribution is -0.138. The molecule has 0 saturated carbocycles. The molecule has 1 aromatic heterocycles. The fourth-order valence-corrected chi connectivity index (χ4v) is 2.77. The Balaban J connectivity index is 1.89. The maximum atomic E-state index is 14.1. The molecule has 0 aliphatic rings. The van der Waals surface area contributed by atoms with E-state index in [0.717, 1.165) is 24.3 Å². The molecule has 0 atom stereocenters. The van der Waals surface area contributed by atoms with Crippen LogP contribution in [0.5, 0.6) is 0 Å². The van der Waals surface area contributed by atoms with Crippen molar-refractivity contribution in [2.24, 2.45) is 7.05 Å². The Morgan fingerprint density at radius 2 is 1.72 bits per heavy atom. The third-order valence-corrected chi connectivity index (χ3v) is 4.08. The average molecular weight is 413 g/mol. The minimum Gasteiger partial charge on any atom is -0.348 e. The van der Waals surface area contributed by atoms with E-state index in [9.17, 15) is 31.1 Å². The Morgan fingerprint density at radius 1 is 1.07 bits per heavy atom. The quantitative estimate of drug-likeness (QED) is 0.643. The van der Waals surface area contributed by atoms with Gasteiger partial charge in [0.05, 0.1) is 11.1 Å². The summed E-state index contributed by atoms with van der Waals surface area (Å²) in [5, 5.41) is 6.27. The molecule has 1 heterocycles. The molecule has 3 rings (SSSR count). The molecule has 4 nitrogen and oxygen atoms in total. The van der Waals surface area contributed by atoms with Crippen molar-refractivity contribution < 1.29 is 31.1 Å². The maximum absolute atomic E-state index is 14.1. The summed E-state index contributed by atoms with van der Waals surface area (Å²) in [5.74, 6) is -3.65. The molecule has 0 bridgehead atoms. The Labute approximate surface area is 160 Å².